The molecule has 1 aromatic carbocycles. The van der Waals surface area contributed by atoms with E-state index in [0.29, 0.717) is 30.4 Å². The number of para-hydroxylation sites is 2. The number of rotatable bonds is 5. The Morgan fingerprint density at radius 2 is 2.23 bits per heavy atom. The number of carbonyl (C=O) groups is 1. The van der Waals surface area contributed by atoms with E-state index in [4.69, 9.17) is 4.74 Å². The molecule has 4 rings (SSSR count). The summed E-state index contributed by atoms with van der Waals surface area (Å²) in [4.78, 5) is 29.2. The summed E-state index contributed by atoms with van der Waals surface area (Å²) >= 11 is 1.57. The molecule has 0 fully saturated rings. The van der Waals surface area contributed by atoms with E-state index in [1.807, 2.05) is 30.3 Å². The number of ether oxygens (including phenoxy) is 1. The number of nitrogens with zero attached hydrogens (tertiary/aromatic N) is 1. The molecule has 0 aliphatic heterocycles. The lowest BCUT2D eigenvalue weighted by Gasteiger charge is -2.16. The number of nitrogens with one attached hydrogen (secondary N) is 1. The van der Waals surface area contributed by atoms with Gasteiger partial charge in [-0.2, -0.15) is 0 Å². The van der Waals surface area contributed by atoms with E-state index < -0.39 is 0 Å². The molecule has 1 atom stereocenters. The summed E-state index contributed by atoms with van der Waals surface area (Å²) < 4.78 is 7.12. The topological polar surface area (TPSA) is 64.1 Å². The lowest BCUT2D eigenvalue weighted by Crippen LogP contribution is -2.18. The Balaban J connectivity index is 1.34. The number of aromatic amines is 1. The van der Waals surface area contributed by atoms with Crippen LogP contribution in [0.5, 0.6) is 0 Å². The van der Waals surface area contributed by atoms with Gasteiger partial charge in [-0.15, -0.1) is 11.3 Å². The molecule has 0 saturated heterocycles. The number of aromatic nitrogens is 2. The first-order valence-corrected chi connectivity index (χ1v) is 9.89. The number of aryl methyl sites for hydroxylation is 2. The molecule has 0 radical (unpaired) electrons. The summed E-state index contributed by atoms with van der Waals surface area (Å²) in [6, 6.07) is 9.60. The van der Waals surface area contributed by atoms with Crippen LogP contribution in [0.25, 0.3) is 11.0 Å². The molecule has 0 bridgehead atoms. The third-order valence-electron chi connectivity index (χ3n) is 4.97. The van der Waals surface area contributed by atoms with E-state index in [1.54, 1.807) is 15.9 Å². The monoisotopic (exact) mass is 370 g/mol. The molecular weight excluding hydrogens is 348 g/mol. The van der Waals surface area contributed by atoms with Crippen LogP contribution in [0, 0.1) is 5.92 Å². The summed E-state index contributed by atoms with van der Waals surface area (Å²) in [6.45, 7) is 3.09. The molecule has 136 valence electrons. The van der Waals surface area contributed by atoms with Crippen molar-refractivity contribution in [2.45, 2.75) is 39.2 Å². The van der Waals surface area contributed by atoms with Crippen LogP contribution in [0.2, 0.25) is 0 Å². The van der Waals surface area contributed by atoms with Gasteiger partial charge in [0.15, 0.2) is 0 Å². The predicted molar refractivity (Wildman–Crippen MR) is 103 cm³/mol. The lowest BCUT2D eigenvalue weighted by molar-refractivity contribution is 0.0501. The maximum Gasteiger partial charge on any atom is 0.348 e. The van der Waals surface area contributed by atoms with E-state index in [1.165, 1.54) is 16.9 Å². The molecule has 5 nitrogen and oxygen atoms in total. The molecule has 0 unspecified atom stereocenters. The second-order valence-corrected chi connectivity index (χ2v) is 8.13. The fourth-order valence-electron chi connectivity index (χ4n) is 3.59. The van der Waals surface area contributed by atoms with Crippen molar-refractivity contribution in [1.82, 2.24) is 9.55 Å². The van der Waals surface area contributed by atoms with Gasteiger partial charge < -0.3 is 9.72 Å². The molecule has 3 aromatic rings. The maximum atomic E-state index is 12.3. The Labute approximate surface area is 155 Å². The smallest absolute Gasteiger partial charge is 0.348 e. The highest BCUT2D eigenvalue weighted by molar-refractivity contribution is 7.14. The van der Waals surface area contributed by atoms with Crippen molar-refractivity contribution in [3.05, 3.63) is 56.1 Å². The Kier molecular flexibility index (Phi) is 4.68. The zero-order chi connectivity index (χ0) is 18.1. The summed E-state index contributed by atoms with van der Waals surface area (Å²) in [6.07, 6.45) is 3.93. The fraction of sp³-hybridized carbons (Fsp3) is 0.400. The zero-order valence-corrected chi connectivity index (χ0v) is 15.6. The van der Waals surface area contributed by atoms with Crippen LogP contribution >= 0.6 is 11.3 Å². The first-order valence-electron chi connectivity index (χ1n) is 9.08. The molecule has 0 spiro atoms. The second-order valence-electron chi connectivity index (χ2n) is 7.00. The van der Waals surface area contributed by atoms with Crippen LogP contribution in [0.3, 0.4) is 0 Å². The van der Waals surface area contributed by atoms with E-state index in [0.717, 1.165) is 23.9 Å². The summed E-state index contributed by atoms with van der Waals surface area (Å²) in [5, 5.41) is 0. The van der Waals surface area contributed by atoms with E-state index in [2.05, 4.69) is 11.9 Å². The SMILES string of the molecule is C[C@@H]1CCc2sc(C(=O)OCCCn3c(=O)[nH]c4ccccc43)cc2C1. The Hall–Kier alpha value is -2.34. The third-order valence-corrected chi connectivity index (χ3v) is 6.19. The Bertz CT molecular complexity index is 998. The standard InChI is InChI=1S/C20H22N2O3S/c1-13-7-8-17-14(11-13)12-18(26-17)19(23)25-10-4-9-22-16-6-3-2-5-15(16)21-20(22)24/h2-3,5-6,12-13H,4,7-11H2,1H3,(H,21,24)/t13-/m1/s1. The van der Waals surface area contributed by atoms with Gasteiger partial charge in [-0.3, -0.25) is 4.57 Å². The van der Waals surface area contributed by atoms with Crippen molar-refractivity contribution in [3.63, 3.8) is 0 Å². The predicted octanol–water partition coefficient (Wildman–Crippen LogP) is 3.76. The van der Waals surface area contributed by atoms with Gasteiger partial charge in [-0.05, 0) is 55.4 Å². The quantitative estimate of drug-likeness (QED) is 0.549. The molecular formula is C20H22N2O3S. The van der Waals surface area contributed by atoms with Gasteiger partial charge in [-0.25, -0.2) is 9.59 Å². The van der Waals surface area contributed by atoms with Gasteiger partial charge in [0.1, 0.15) is 4.88 Å². The van der Waals surface area contributed by atoms with Gasteiger partial charge >= 0.3 is 11.7 Å². The molecule has 1 aliphatic carbocycles. The largest absolute Gasteiger partial charge is 0.461 e. The van der Waals surface area contributed by atoms with Gasteiger partial charge in [0.2, 0.25) is 0 Å². The lowest BCUT2D eigenvalue weighted by atomic mass is 9.90. The molecule has 1 N–H and O–H groups in total. The second kappa shape index (κ2) is 7.11. The van der Waals surface area contributed by atoms with Crippen molar-refractivity contribution < 1.29 is 9.53 Å². The van der Waals surface area contributed by atoms with Crippen LogP contribution < -0.4 is 5.69 Å². The van der Waals surface area contributed by atoms with E-state index in [-0.39, 0.29) is 11.7 Å². The normalized spacial score (nSPS) is 16.6. The van der Waals surface area contributed by atoms with Crippen molar-refractivity contribution in [2.24, 2.45) is 5.92 Å². The van der Waals surface area contributed by atoms with Crippen LogP contribution in [0.1, 0.15) is 39.9 Å². The van der Waals surface area contributed by atoms with Gasteiger partial charge in [-0.1, -0.05) is 19.1 Å². The minimum absolute atomic E-state index is 0.127. The van der Waals surface area contributed by atoms with Gasteiger partial charge in [0.05, 0.1) is 17.6 Å². The van der Waals surface area contributed by atoms with Crippen molar-refractivity contribution in [3.8, 4) is 0 Å². The number of H-pyrrole nitrogens is 1. The third kappa shape index (κ3) is 3.33. The van der Waals surface area contributed by atoms with Crippen molar-refractivity contribution >= 4 is 28.3 Å². The molecule has 1 aliphatic rings. The maximum absolute atomic E-state index is 12.3. The summed E-state index contributed by atoms with van der Waals surface area (Å²) in [5.74, 6) is 0.443. The first kappa shape index (κ1) is 17.1. The van der Waals surface area contributed by atoms with Crippen molar-refractivity contribution in [2.75, 3.05) is 6.61 Å². The highest BCUT2D eigenvalue weighted by atomic mass is 32.1. The number of hydrogen-bond acceptors (Lipinski definition) is 4. The highest BCUT2D eigenvalue weighted by Gasteiger charge is 2.21. The molecule has 6 heteroatoms. The van der Waals surface area contributed by atoms with Crippen LogP contribution in [-0.4, -0.2) is 22.1 Å². The molecule has 2 heterocycles. The van der Waals surface area contributed by atoms with Gasteiger partial charge in [0.25, 0.3) is 0 Å². The highest BCUT2D eigenvalue weighted by Crippen LogP contribution is 2.32. The Morgan fingerprint density at radius 1 is 1.38 bits per heavy atom. The van der Waals surface area contributed by atoms with E-state index >= 15 is 0 Å². The summed E-state index contributed by atoms with van der Waals surface area (Å²) in [5.41, 5.74) is 2.89. The number of esters is 1. The molecule has 2 aromatic heterocycles. The minimum atomic E-state index is -0.247. The molecule has 0 saturated carbocycles. The Morgan fingerprint density at radius 3 is 3.12 bits per heavy atom. The number of benzene rings is 1. The van der Waals surface area contributed by atoms with Crippen LogP contribution in [0.15, 0.2) is 35.1 Å². The fourth-order valence-corrected chi connectivity index (χ4v) is 4.70. The number of fused-ring (bicyclic) bond motifs is 2. The van der Waals surface area contributed by atoms with E-state index in [9.17, 15) is 9.59 Å². The van der Waals surface area contributed by atoms with Crippen LogP contribution in [0.4, 0.5) is 0 Å². The number of thiophene rings is 1. The van der Waals surface area contributed by atoms with Crippen molar-refractivity contribution in [1.29, 1.82) is 0 Å². The summed E-state index contributed by atoms with van der Waals surface area (Å²) in [7, 11) is 0. The average Bonchev–Trinajstić information content (AvgIpc) is 3.18. The van der Waals surface area contributed by atoms with Crippen LogP contribution in [-0.2, 0) is 24.1 Å². The zero-order valence-electron chi connectivity index (χ0n) is 14.8. The average molecular weight is 370 g/mol. The first-order chi connectivity index (χ1) is 12.6. The molecule has 0 amide bonds. The number of hydrogen-bond donors (Lipinski definition) is 1. The minimum Gasteiger partial charge on any atom is -0.461 e. The molecule has 26 heavy (non-hydrogen) atoms. The van der Waals surface area contributed by atoms with Gasteiger partial charge in [0, 0.05) is 11.4 Å². The number of carbonyl (C=O) groups excluding carboxylic acids is 1. The number of imidazole rings is 1.